The lowest BCUT2D eigenvalue weighted by Gasteiger charge is -2.65. The predicted molar refractivity (Wildman–Crippen MR) is 88.6 cm³/mol. The lowest BCUT2D eigenvalue weighted by atomic mass is 9.40. The predicted octanol–water partition coefficient (Wildman–Crippen LogP) is 2.72. The minimum atomic E-state index is -0.103. The molecule has 5 fully saturated rings. The summed E-state index contributed by atoms with van der Waals surface area (Å²) in [6, 6.07) is 0.150. The molecule has 1 aliphatic heterocycles. The fourth-order valence-electron chi connectivity index (χ4n) is 7.37. The van der Waals surface area contributed by atoms with Crippen LogP contribution in [0.5, 0.6) is 0 Å². The Kier molecular flexibility index (Phi) is 3.18. The van der Waals surface area contributed by atoms with Crippen LogP contribution in [-0.2, 0) is 9.59 Å². The molecular weight excluding hydrogens is 288 g/mol. The minimum absolute atomic E-state index is 0.0131. The van der Waals surface area contributed by atoms with Crippen LogP contribution in [0, 0.1) is 22.2 Å². The Balaban J connectivity index is 1.54. The van der Waals surface area contributed by atoms with Crippen molar-refractivity contribution in [2.45, 2.75) is 71.8 Å². The summed E-state index contributed by atoms with van der Waals surface area (Å²) in [4.78, 5) is 26.8. The fourth-order valence-corrected chi connectivity index (χ4v) is 7.37. The van der Waals surface area contributed by atoms with E-state index in [1.165, 1.54) is 19.3 Å². The van der Waals surface area contributed by atoms with Gasteiger partial charge >= 0.3 is 0 Å². The summed E-state index contributed by atoms with van der Waals surface area (Å²) in [6.45, 7) is 7.91. The number of carbonyl (C=O) groups is 2. The highest BCUT2D eigenvalue weighted by Crippen LogP contribution is 2.69. The van der Waals surface area contributed by atoms with E-state index in [-0.39, 0.29) is 17.4 Å². The first-order valence-corrected chi connectivity index (χ1v) is 9.28. The average Bonchev–Trinajstić information content (AvgIpc) is 2.80. The van der Waals surface area contributed by atoms with E-state index >= 15 is 0 Å². The molecule has 5 aliphatic rings. The van der Waals surface area contributed by atoms with Gasteiger partial charge in [-0.25, -0.2) is 0 Å². The van der Waals surface area contributed by atoms with Crippen molar-refractivity contribution in [1.29, 1.82) is 0 Å². The first kappa shape index (κ1) is 15.5. The van der Waals surface area contributed by atoms with Gasteiger partial charge in [-0.1, -0.05) is 13.8 Å². The molecule has 3 atom stereocenters. The SMILES string of the molecule is CC(=O)N[C@H]1CCN(C(=O)C23CC4CC(C)(CC(C)(C4)C2)C3)C1. The van der Waals surface area contributed by atoms with Crippen molar-refractivity contribution in [3.8, 4) is 0 Å². The lowest BCUT2D eigenvalue weighted by molar-refractivity contribution is -0.178. The van der Waals surface area contributed by atoms with Crippen LogP contribution in [0.25, 0.3) is 0 Å². The molecule has 4 aliphatic carbocycles. The maximum Gasteiger partial charge on any atom is 0.228 e. The Morgan fingerprint density at radius 3 is 2.26 bits per heavy atom. The van der Waals surface area contributed by atoms with E-state index in [2.05, 4.69) is 24.1 Å². The van der Waals surface area contributed by atoms with Gasteiger partial charge in [0.25, 0.3) is 0 Å². The highest BCUT2D eigenvalue weighted by molar-refractivity contribution is 5.84. The zero-order chi connectivity index (χ0) is 16.5. The van der Waals surface area contributed by atoms with Gasteiger partial charge in [0.15, 0.2) is 0 Å². The third-order valence-electron chi connectivity index (χ3n) is 6.96. The van der Waals surface area contributed by atoms with Crippen LogP contribution in [0.2, 0.25) is 0 Å². The highest BCUT2D eigenvalue weighted by Gasteiger charge is 2.63. The van der Waals surface area contributed by atoms with Crippen LogP contribution >= 0.6 is 0 Å². The van der Waals surface area contributed by atoms with Gasteiger partial charge in [-0.3, -0.25) is 9.59 Å². The molecular formula is C19H30N2O2. The quantitative estimate of drug-likeness (QED) is 0.851. The molecule has 1 saturated heterocycles. The summed E-state index contributed by atoms with van der Waals surface area (Å²) >= 11 is 0. The molecule has 0 spiro atoms. The number of rotatable bonds is 2. The zero-order valence-electron chi connectivity index (χ0n) is 14.8. The van der Waals surface area contributed by atoms with Gasteiger partial charge in [-0.2, -0.15) is 0 Å². The van der Waals surface area contributed by atoms with Gasteiger partial charge < -0.3 is 10.2 Å². The first-order valence-electron chi connectivity index (χ1n) is 9.28. The Morgan fingerprint density at radius 2 is 1.70 bits per heavy atom. The van der Waals surface area contributed by atoms with Gasteiger partial charge in [0.1, 0.15) is 0 Å². The maximum atomic E-state index is 13.4. The van der Waals surface area contributed by atoms with E-state index in [1.807, 2.05) is 0 Å². The second-order valence-corrected chi connectivity index (χ2v) is 9.85. The van der Waals surface area contributed by atoms with Crippen LogP contribution < -0.4 is 5.32 Å². The molecule has 5 rings (SSSR count). The number of amides is 2. The molecule has 2 unspecified atom stereocenters. The van der Waals surface area contributed by atoms with E-state index in [0.717, 1.165) is 38.1 Å². The number of likely N-dealkylation sites (tertiary alicyclic amines) is 1. The molecule has 1 heterocycles. The topological polar surface area (TPSA) is 49.4 Å². The summed E-state index contributed by atoms with van der Waals surface area (Å²) in [5, 5.41) is 2.98. The number of hydrogen-bond donors (Lipinski definition) is 1. The monoisotopic (exact) mass is 318 g/mol. The number of hydrogen-bond acceptors (Lipinski definition) is 2. The van der Waals surface area contributed by atoms with Crippen molar-refractivity contribution in [2.75, 3.05) is 13.1 Å². The first-order chi connectivity index (χ1) is 10.7. The zero-order valence-corrected chi connectivity index (χ0v) is 14.8. The summed E-state index contributed by atoms with van der Waals surface area (Å²) in [5.74, 6) is 1.16. The van der Waals surface area contributed by atoms with Gasteiger partial charge in [0, 0.05) is 26.1 Å². The third-order valence-corrected chi connectivity index (χ3v) is 6.96. The molecule has 0 aromatic heterocycles. The molecule has 0 aromatic rings. The van der Waals surface area contributed by atoms with Crippen LogP contribution in [-0.4, -0.2) is 35.8 Å². The largest absolute Gasteiger partial charge is 0.352 e. The Morgan fingerprint density at radius 1 is 1.04 bits per heavy atom. The Labute approximate surface area is 139 Å². The van der Waals surface area contributed by atoms with Gasteiger partial charge in [-0.05, 0) is 61.7 Å². The normalized spacial score (nSPS) is 47.9. The second kappa shape index (κ2) is 4.73. The number of nitrogens with zero attached hydrogens (tertiary/aromatic N) is 1. The van der Waals surface area contributed by atoms with Crippen LogP contribution in [0.1, 0.15) is 65.7 Å². The number of carbonyl (C=O) groups excluding carboxylic acids is 2. The fraction of sp³-hybridized carbons (Fsp3) is 0.895. The molecule has 1 N–H and O–H groups in total. The Hall–Kier alpha value is -1.06. The van der Waals surface area contributed by atoms with Gasteiger partial charge in [0.2, 0.25) is 11.8 Å². The molecule has 23 heavy (non-hydrogen) atoms. The minimum Gasteiger partial charge on any atom is -0.352 e. The summed E-state index contributed by atoms with van der Waals surface area (Å²) in [5.41, 5.74) is 0.648. The van der Waals surface area contributed by atoms with Crippen molar-refractivity contribution in [3.05, 3.63) is 0 Å². The molecule has 4 bridgehead atoms. The van der Waals surface area contributed by atoms with Crippen molar-refractivity contribution in [1.82, 2.24) is 10.2 Å². The molecule has 4 heteroatoms. The van der Waals surface area contributed by atoms with E-state index < -0.39 is 0 Å². The number of nitrogens with one attached hydrogen (secondary N) is 1. The molecule has 2 amide bonds. The van der Waals surface area contributed by atoms with Gasteiger partial charge in [-0.15, -0.1) is 0 Å². The molecule has 4 saturated carbocycles. The van der Waals surface area contributed by atoms with Crippen molar-refractivity contribution < 1.29 is 9.59 Å². The molecule has 4 nitrogen and oxygen atoms in total. The van der Waals surface area contributed by atoms with Crippen LogP contribution in [0.4, 0.5) is 0 Å². The smallest absolute Gasteiger partial charge is 0.228 e. The maximum absolute atomic E-state index is 13.4. The average molecular weight is 318 g/mol. The van der Waals surface area contributed by atoms with Crippen LogP contribution in [0.3, 0.4) is 0 Å². The Bertz CT molecular complexity index is 540. The standard InChI is InChI=1S/C19H30N2O2/c1-13(22)20-15-4-5-21(9-15)16(23)19-8-14-6-17(2,11-19)10-18(3,7-14)12-19/h14-15H,4-12H2,1-3H3,(H,20,22)/t14?,15-,17?,18?,19?/m0/s1. The molecule has 0 radical (unpaired) electrons. The summed E-state index contributed by atoms with van der Waals surface area (Å²) < 4.78 is 0. The van der Waals surface area contributed by atoms with E-state index in [9.17, 15) is 9.59 Å². The van der Waals surface area contributed by atoms with E-state index in [4.69, 9.17) is 0 Å². The van der Waals surface area contributed by atoms with E-state index in [0.29, 0.717) is 23.3 Å². The second-order valence-electron chi connectivity index (χ2n) is 9.85. The lowest BCUT2D eigenvalue weighted by Crippen LogP contribution is -2.60. The van der Waals surface area contributed by atoms with Crippen LogP contribution in [0.15, 0.2) is 0 Å². The van der Waals surface area contributed by atoms with Crippen molar-refractivity contribution in [3.63, 3.8) is 0 Å². The third kappa shape index (κ3) is 2.49. The van der Waals surface area contributed by atoms with Crippen molar-refractivity contribution >= 4 is 11.8 Å². The molecule has 128 valence electrons. The van der Waals surface area contributed by atoms with E-state index in [1.54, 1.807) is 6.92 Å². The highest BCUT2D eigenvalue weighted by atomic mass is 16.2. The van der Waals surface area contributed by atoms with Gasteiger partial charge in [0.05, 0.1) is 5.41 Å². The summed E-state index contributed by atoms with van der Waals surface area (Å²) in [7, 11) is 0. The summed E-state index contributed by atoms with van der Waals surface area (Å²) in [6.07, 6.45) is 8.15. The van der Waals surface area contributed by atoms with Crippen molar-refractivity contribution in [2.24, 2.45) is 22.2 Å². The molecule has 0 aromatic carbocycles.